The molecule has 0 fully saturated rings. The van der Waals surface area contributed by atoms with Gasteiger partial charge in [-0.15, -0.1) is 0 Å². The molecular weight excluding hydrogens is 291 g/mol. The van der Waals surface area contributed by atoms with Crippen LogP contribution in [0, 0.1) is 6.92 Å². The standard InChI is InChI=1S/C16H18F3N3/c1-11-9-13(22(2)3)8-7-12(11)10-20-15-6-4-5-14(21-15)16(17,18)19/h4-9H,10H2,1-3H3,(H,20,21). The zero-order valence-electron chi connectivity index (χ0n) is 12.7. The smallest absolute Gasteiger partial charge is 0.378 e. The summed E-state index contributed by atoms with van der Waals surface area (Å²) in [6.45, 7) is 2.40. The minimum atomic E-state index is -4.43. The van der Waals surface area contributed by atoms with E-state index in [-0.39, 0.29) is 5.82 Å². The van der Waals surface area contributed by atoms with Gasteiger partial charge in [-0.1, -0.05) is 12.1 Å². The van der Waals surface area contributed by atoms with Crippen LogP contribution < -0.4 is 10.2 Å². The minimum Gasteiger partial charge on any atom is -0.378 e. The van der Waals surface area contributed by atoms with Crippen molar-refractivity contribution >= 4 is 11.5 Å². The Hall–Kier alpha value is -2.24. The Kier molecular flexibility index (Phi) is 4.59. The first-order chi connectivity index (χ1) is 10.3. The van der Waals surface area contributed by atoms with Gasteiger partial charge in [0.1, 0.15) is 11.5 Å². The summed E-state index contributed by atoms with van der Waals surface area (Å²) in [7, 11) is 3.92. The molecular formula is C16H18F3N3. The molecule has 22 heavy (non-hydrogen) atoms. The summed E-state index contributed by atoms with van der Waals surface area (Å²) in [5.41, 5.74) is 2.28. The maximum atomic E-state index is 12.6. The van der Waals surface area contributed by atoms with Gasteiger partial charge in [0.2, 0.25) is 0 Å². The van der Waals surface area contributed by atoms with Crippen molar-refractivity contribution < 1.29 is 13.2 Å². The number of halogens is 3. The molecule has 0 spiro atoms. The van der Waals surface area contributed by atoms with Crippen LogP contribution in [0.1, 0.15) is 16.8 Å². The molecule has 6 heteroatoms. The first kappa shape index (κ1) is 16.1. The monoisotopic (exact) mass is 309 g/mol. The van der Waals surface area contributed by atoms with Crippen molar-refractivity contribution in [2.45, 2.75) is 19.6 Å². The Morgan fingerprint density at radius 2 is 1.86 bits per heavy atom. The Balaban J connectivity index is 2.10. The lowest BCUT2D eigenvalue weighted by atomic mass is 10.1. The van der Waals surface area contributed by atoms with E-state index in [0.717, 1.165) is 22.9 Å². The second-order valence-electron chi connectivity index (χ2n) is 5.26. The number of aryl methyl sites for hydroxylation is 1. The van der Waals surface area contributed by atoms with E-state index in [1.165, 1.54) is 12.1 Å². The molecule has 0 radical (unpaired) electrons. The van der Waals surface area contributed by atoms with Crippen molar-refractivity contribution in [3.63, 3.8) is 0 Å². The van der Waals surface area contributed by atoms with E-state index < -0.39 is 11.9 Å². The second-order valence-corrected chi connectivity index (χ2v) is 5.26. The molecule has 0 aliphatic rings. The van der Waals surface area contributed by atoms with E-state index >= 15 is 0 Å². The van der Waals surface area contributed by atoms with E-state index in [1.54, 1.807) is 0 Å². The van der Waals surface area contributed by atoms with Gasteiger partial charge in [0.15, 0.2) is 0 Å². The zero-order chi connectivity index (χ0) is 16.3. The van der Waals surface area contributed by atoms with E-state index in [4.69, 9.17) is 0 Å². The number of alkyl halides is 3. The van der Waals surface area contributed by atoms with Gasteiger partial charge in [0.05, 0.1) is 0 Å². The van der Waals surface area contributed by atoms with Gasteiger partial charge < -0.3 is 10.2 Å². The van der Waals surface area contributed by atoms with E-state index in [0.29, 0.717) is 6.54 Å². The summed E-state index contributed by atoms with van der Waals surface area (Å²) in [6, 6.07) is 9.81. The highest BCUT2D eigenvalue weighted by Gasteiger charge is 2.32. The lowest BCUT2D eigenvalue weighted by Gasteiger charge is -2.16. The highest BCUT2D eigenvalue weighted by Crippen LogP contribution is 2.28. The fraction of sp³-hybridized carbons (Fsp3) is 0.312. The van der Waals surface area contributed by atoms with Crippen molar-refractivity contribution in [3.8, 4) is 0 Å². The molecule has 118 valence electrons. The Morgan fingerprint density at radius 3 is 2.45 bits per heavy atom. The topological polar surface area (TPSA) is 28.2 Å². The first-order valence-electron chi connectivity index (χ1n) is 6.82. The summed E-state index contributed by atoms with van der Waals surface area (Å²) in [5, 5.41) is 2.94. The molecule has 0 amide bonds. The number of pyridine rings is 1. The van der Waals surface area contributed by atoms with E-state index in [1.807, 2.05) is 44.1 Å². The van der Waals surface area contributed by atoms with Crippen molar-refractivity contribution in [3.05, 3.63) is 53.2 Å². The summed E-state index contributed by atoms with van der Waals surface area (Å²) in [6.07, 6.45) is -4.43. The van der Waals surface area contributed by atoms with Crippen LogP contribution in [0.25, 0.3) is 0 Å². The number of hydrogen-bond donors (Lipinski definition) is 1. The molecule has 2 rings (SSSR count). The quantitative estimate of drug-likeness (QED) is 0.922. The molecule has 1 N–H and O–H groups in total. The van der Waals surface area contributed by atoms with Crippen LogP contribution in [-0.2, 0) is 12.7 Å². The minimum absolute atomic E-state index is 0.214. The van der Waals surface area contributed by atoms with Gasteiger partial charge in [0.25, 0.3) is 0 Å². The largest absolute Gasteiger partial charge is 0.433 e. The van der Waals surface area contributed by atoms with E-state index in [9.17, 15) is 13.2 Å². The van der Waals surface area contributed by atoms with Gasteiger partial charge >= 0.3 is 6.18 Å². The molecule has 0 unspecified atom stereocenters. The summed E-state index contributed by atoms with van der Waals surface area (Å²) in [4.78, 5) is 5.59. The average Bonchev–Trinajstić information content (AvgIpc) is 2.45. The number of aromatic nitrogens is 1. The number of hydrogen-bond acceptors (Lipinski definition) is 3. The van der Waals surface area contributed by atoms with Crippen molar-refractivity contribution in [2.24, 2.45) is 0 Å². The lowest BCUT2D eigenvalue weighted by Crippen LogP contribution is -2.11. The Morgan fingerprint density at radius 1 is 1.14 bits per heavy atom. The molecule has 2 aromatic rings. The molecule has 0 saturated carbocycles. The fourth-order valence-electron chi connectivity index (χ4n) is 2.03. The molecule has 0 atom stereocenters. The number of nitrogens with one attached hydrogen (secondary N) is 1. The highest BCUT2D eigenvalue weighted by molar-refractivity contribution is 5.50. The second kappa shape index (κ2) is 6.25. The Bertz CT molecular complexity index is 651. The van der Waals surface area contributed by atoms with Gasteiger partial charge in [-0.05, 0) is 42.3 Å². The fourth-order valence-corrected chi connectivity index (χ4v) is 2.03. The summed E-state index contributed by atoms with van der Waals surface area (Å²) >= 11 is 0. The van der Waals surface area contributed by atoms with Crippen LogP contribution in [0.4, 0.5) is 24.7 Å². The number of anilines is 2. The van der Waals surface area contributed by atoms with E-state index in [2.05, 4.69) is 10.3 Å². The van der Waals surface area contributed by atoms with Crippen LogP contribution >= 0.6 is 0 Å². The zero-order valence-corrected chi connectivity index (χ0v) is 12.7. The predicted octanol–water partition coefficient (Wildman–Crippen LogP) is 4.09. The molecule has 0 aliphatic heterocycles. The van der Waals surface area contributed by atoms with Crippen molar-refractivity contribution in [1.29, 1.82) is 0 Å². The Labute approximate surface area is 127 Å². The highest BCUT2D eigenvalue weighted by atomic mass is 19.4. The van der Waals surface area contributed by atoms with Crippen LogP contribution in [-0.4, -0.2) is 19.1 Å². The number of benzene rings is 1. The average molecular weight is 309 g/mol. The normalized spacial score (nSPS) is 11.4. The summed E-state index contributed by atoms with van der Waals surface area (Å²) in [5.74, 6) is 0.214. The van der Waals surface area contributed by atoms with Crippen LogP contribution in [0.15, 0.2) is 36.4 Å². The predicted molar refractivity (Wildman–Crippen MR) is 82.1 cm³/mol. The molecule has 0 aliphatic carbocycles. The van der Waals surface area contributed by atoms with Crippen LogP contribution in [0.2, 0.25) is 0 Å². The van der Waals surface area contributed by atoms with Gasteiger partial charge in [-0.25, -0.2) is 4.98 Å². The van der Waals surface area contributed by atoms with Gasteiger partial charge in [-0.3, -0.25) is 0 Å². The third-order valence-corrected chi connectivity index (χ3v) is 3.34. The van der Waals surface area contributed by atoms with Gasteiger partial charge in [-0.2, -0.15) is 13.2 Å². The number of nitrogens with zero attached hydrogens (tertiary/aromatic N) is 2. The lowest BCUT2D eigenvalue weighted by molar-refractivity contribution is -0.141. The van der Waals surface area contributed by atoms with Gasteiger partial charge in [0, 0.05) is 26.3 Å². The first-order valence-corrected chi connectivity index (χ1v) is 6.82. The third kappa shape index (κ3) is 3.90. The van der Waals surface area contributed by atoms with Crippen molar-refractivity contribution in [1.82, 2.24) is 4.98 Å². The maximum absolute atomic E-state index is 12.6. The maximum Gasteiger partial charge on any atom is 0.433 e. The SMILES string of the molecule is Cc1cc(N(C)C)ccc1CNc1cccc(C(F)(F)F)n1. The molecule has 1 heterocycles. The van der Waals surface area contributed by atoms with Crippen LogP contribution in [0.5, 0.6) is 0 Å². The molecule has 1 aromatic carbocycles. The molecule has 0 saturated heterocycles. The molecule has 0 bridgehead atoms. The van der Waals surface area contributed by atoms with Crippen molar-refractivity contribution in [2.75, 3.05) is 24.3 Å². The summed E-state index contributed by atoms with van der Waals surface area (Å²) < 4.78 is 37.9. The number of rotatable bonds is 4. The molecule has 1 aromatic heterocycles. The third-order valence-electron chi connectivity index (χ3n) is 3.34. The van der Waals surface area contributed by atoms with Crippen LogP contribution in [0.3, 0.4) is 0 Å². The molecule has 3 nitrogen and oxygen atoms in total.